The number of nitrogens with zero attached hydrogens (tertiary/aromatic N) is 4. The topological polar surface area (TPSA) is 86.0 Å². The van der Waals surface area contributed by atoms with E-state index in [1.54, 1.807) is 13.2 Å². The molecule has 0 saturated carbocycles. The molecular weight excluding hydrogens is 342 g/mol. The molecule has 7 heteroatoms. The molecule has 0 fully saturated rings. The highest BCUT2D eigenvalue weighted by molar-refractivity contribution is 5.59. The van der Waals surface area contributed by atoms with Gasteiger partial charge in [0.1, 0.15) is 11.6 Å². The molecule has 1 N–H and O–H groups in total. The highest BCUT2D eigenvalue weighted by Gasteiger charge is 2.12. The van der Waals surface area contributed by atoms with Gasteiger partial charge in [-0.1, -0.05) is 35.5 Å². The van der Waals surface area contributed by atoms with Crippen LogP contribution in [-0.4, -0.2) is 27.4 Å². The third kappa shape index (κ3) is 3.92. The summed E-state index contributed by atoms with van der Waals surface area (Å²) in [6.07, 6.45) is 0. The van der Waals surface area contributed by atoms with Crippen molar-refractivity contribution in [3.05, 3.63) is 72.3 Å². The molecule has 0 atom stereocenters. The van der Waals surface area contributed by atoms with Crippen LogP contribution in [-0.2, 0) is 6.54 Å². The van der Waals surface area contributed by atoms with Gasteiger partial charge in [0.25, 0.3) is 5.89 Å². The molecule has 27 heavy (non-hydrogen) atoms. The van der Waals surface area contributed by atoms with Crippen molar-refractivity contribution in [2.45, 2.75) is 6.54 Å². The fraction of sp³-hybridized carbons (Fsp3) is 0.100. The van der Waals surface area contributed by atoms with Gasteiger partial charge in [-0.3, -0.25) is 0 Å². The summed E-state index contributed by atoms with van der Waals surface area (Å²) >= 11 is 0. The number of hydrogen-bond donors (Lipinski definition) is 1. The van der Waals surface area contributed by atoms with Crippen molar-refractivity contribution in [3.8, 4) is 28.7 Å². The Hall–Kier alpha value is -3.74. The summed E-state index contributed by atoms with van der Waals surface area (Å²) in [6.45, 7) is 0.678. The van der Waals surface area contributed by atoms with Gasteiger partial charge in [0, 0.05) is 12.1 Å². The number of nitrogens with one attached hydrogen (secondary N) is 1. The van der Waals surface area contributed by atoms with E-state index >= 15 is 0 Å². The first-order valence-corrected chi connectivity index (χ1v) is 8.42. The zero-order chi connectivity index (χ0) is 18.5. The quantitative estimate of drug-likeness (QED) is 0.560. The molecule has 4 aromatic rings. The minimum Gasteiger partial charge on any atom is -0.497 e. The standard InChI is InChI=1S/C20H17N5O2/c1-26-16-9-7-15(8-10-16)19-22-20(27-25-19)17-11-12-18(24-23-17)21-13-14-5-3-2-4-6-14/h2-12H,13H2,1H3,(H,21,24). The van der Waals surface area contributed by atoms with Crippen LogP contribution in [0.25, 0.3) is 23.0 Å². The van der Waals surface area contributed by atoms with Crippen molar-refractivity contribution in [2.75, 3.05) is 12.4 Å². The number of methoxy groups -OCH3 is 1. The molecule has 4 rings (SSSR count). The summed E-state index contributed by atoms with van der Waals surface area (Å²) in [5.74, 6) is 2.26. The van der Waals surface area contributed by atoms with Crippen LogP contribution >= 0.6 is 0 Å². The minimum absolute atomic E-state index is 0.322. The van der Waals surface area contributed by atoms with Crippen molar-refractivity contribution in [2.24, 2.45) is 0 Å². The molecule has 134 valence electrons. The largest absolute Gasteiger partial charge is 0.497 e. The van der Waals surface area contributed by atoms with E-state index < -0.39 is 0 Å². The monoisotopic (exact) mass is 359 g/mol. The Morgan fingerprint density at radius 3 is 2.44 bits per heavy atom. The van der Waals surface area contributed by atoms with Gasteiger partial charge in [-0.2, -0.15) is 4.98 Å². The number of anilines is 1. The SMILES string of the molecule is COc1ccc(-c2noc(-c3ccc(NCc4ccccc4)nn3)n2)cc1. The van der Waals surface area contributed by atoms with E-state index in [9.17, 15) is 0 Å². The molecule has 0 aliphatic carbocycles. The average Bonchev–Trinajstić information content (AvgIpc) is 3.24. The van der Waals surface area contributed by atoms with Crippen LogP contribution in [0, 0.1) is 0 Å². The summed E-state index contributed by atoms with van der Waals surface area (Å²) < 4.78 is 10.5. The predicted octanol–water partition coefficient (Wildman–Crippen LogP) is 3.81. The maximum absolute atomic E-state index is 5.32. The van der Waals surface area contributed by atoms with Crippen LogP contribution in [0.15, 0.2) is 71.3 Å². The fourth-order valence-corrected chi connectivity index (χ4v) is 2.51. The molecule has 0 aliphatic heterocycles. The number of rotatable bonds is 6. The number of ether oxygens (including phenoxy) is 1. The Morgan fingerprint density at radius 2 is 1.74 bits per heavy atom. The Balaban J connectivity index is 1.45. The molecule has 2 heterocycles. The highest BCUT2D eigenvalue weighted by atomic mass is 16.5. The van der Waals surface area contributed by atoms with Gasteiger partial charge in [-0.25, -0.2) is 0 Å². The summed E-state index contributed by atoms with van der Waals surface area (Å²) in [7, 11) is 1.62. The van der Waals surface area contributed by atoms with E-state index in [4.69, 9.17) is 9.26 Å². The van der Waals surface area contributed by atoms with Crippen LogP contribution < -0.4 is 10.1 Å². The zero-order valence-electron chi connectivity index (χ0n) is 14.7. The first-order valence-electron chi connectivity index (χ1n) is 8.42. The molecular formula is C20H17N5O2. The van der Waals surface area contributed by atoms with Gasteiger partial charge in [0.15, 0.2) is 5.69 Å². The van der Waals surface area contributed by atoms with E-state index in [0.29, 0.717) is 29.8 Å². The third-order valence-electron chi connectivity index (χ3n) is 3.97. The smallest absolute Gasteiger partial charge is 0.278 e. The van der Waals surface area contributed by atoms with Gasteiger partial charge in [0.05, 0.1) is 7.11 Å². The first kappa shape index (κ1) is 16.7. The lowest BCUT2D eigenvalue weighted by Crippen LogP contribution is -2.02. The summed E-state index contributed by atoms with van der Waals surface area (Å²) in [5, 5.41) is 15.6. The second-order valence-corrected chi connectivity index (χ2v) is 5.79. The summed E-state index contributed by atoms with van der Waals surface area (Å²) in [6, 6.07) is 21.2. The van der Waals surface area contributed by atoms with E-state index in [0.717, 1.165) is 11.3 Å². The highest BCUT2D eigenvalue weighted by Crippen LogP contribution is 2.23. The normalized spacial score (nSPS) is 10.6. The third-order valence-corrected chi connectivity index (χ3v) is 3.97. The number of benzene rings is 2. The van der Waals surface area contributed by atoms with E-state index in [1.165, 1.54) is 5.56 Å². The predicted molar refractivity (Wildman–Crippen MR) is 101 cm³/mol. The zero-order valence-corrected chi connectivity index (χ0v) is 14.7. The molecule has 0 radical (unpaired) electrons. The second kappa shape index (κ2) is 7.65. The van der Waals surface area contributed by atoms with Crippen molar-refractivity contribution in [3.63, 3.8) is 0 Å². The van der Waals surface area contributed by atoms with Gasteiger partial charge < -0.3 is 14.6 Å². The maximum atomic E-state index is 5.32. The van der Waals surface area contributed by atoms with Crippen molar-refractivity contribution >= 4 is 5.82 Å². The Morgan fingerprint density at radius 1 is 0.926 bits per heavy atom. The number of aromatic nitrogens is 4. The molecule has 0 aliphatic rings. The maximum Gasteiger partial charge on any atom is 0.278 e. The molecule has 7 nitrogen and oxygen atoms in total. The molecule has 0 saturated heterocycles. The first-order chi connectivity index (χ1) is 13.3. The molecule has 0 amide bonds. The molecule has 0 spiro atoms. The Kier molecular flexibility index (Phi) is 4.74. The minimum atomic E-state index is 0.322. The van der Waals surface area contributed by atoms with E-state index in [1.807, 2.05) is 60.7 Å². The van der Waals surface area contributed by atoms with Crippen LogP contribution in [0.1, 0.15) is 5.56 Å². The lowest BCUT2D eigenvalue weighted by molar-refractivity contribution is 0.414. The van der Waals surface area contributed by atoms with E-state index in [-0.39, 0.29) is 0 Å². The fourth-order valence-electron chi connectivity index (χ4n) is 2.51. The van der Waals surface area contributed by atoms with Gasteiger partial charge in [-0.05, 0) is 42.0 Å². The lowest BCUT2D eigenvalue weighted by atomic mass is 10.2. The molecule has 2 aromatic heterocycles. The Labute approximate surface area is 156 Å². The van der Waals surface area contributed by atoms with Crippen molar-refractivity contribution in [1.82, 2.24) is 20.3 Å². The van der Waals surface area contributed by atoms with Crippen LogP contribution in [0.5, 0.6) is 5.75 Å². The van der Waals surface area contributed by atoms with Crippen LogP contribution in [0.2, 0.25) is 0 Å². The van der Waals surface area contributed by atoms with Crippen LogP contribution in [0.4, 0.5) is 5.82 Å². The van der Waals surface area contributed by atoms with Crippen molar-refractivity contribution in [1.29, 1.82) is 0 Å². The average molecular weight is 359 g/mol. The second-order valence-electron chi connectivity index (χ2n) is 5.79. The molecule has 0 bridgehead atoms. The Bertz CT molecular complexity index is 999. The summed E-state index contributed by atoms with van der Waals surface area (Å²) in [4.78, 5) is 4.39. The van der Waals surface area contributed by atoms with E-state index in [2.05, 4.69) is 25.7 Å². The van der Waals surface area contributed by atoms with Crippen molar-refractivity contribution < 1.29 is 9.26 Å². The lowest BCUT2D eigenvalue weighted by Gasteiger charge is -2.04. The number of hydrogen-bond acceptors (Lipinski definition) is 7. The van der Waals surface area contributed by atoms with Gasteiger partial charge >= 0.3 is 0 Å². The summed E-state index contributed by atoms with van der Waals surface area (Å²) in [5.41, 5.74) is 2.52. The van der Waals surface area contributed by atoms with Crippen LogP contribution in [0.3, 0.4) is 0 Å². The molecule has 0 unspecified atom stereocenters. The molecule has 2 aromatic carbocycles. The van der Waals surface area contributed by atoms with Gasteiger partial charge in [-0.15, -0.1) is 10.2 Å². The van der Waals surface area contributed by atoms with Gasteiger partial charge in [0.2, 0.25) is 5.82 Å².